The molecule has 15 heavy (non-hydrogen) atoms. The molecule has 0 bridgehead atoms. The van der Waals surface area contributed by atoms with E-state index in [1.54, 1.807) is 6.08 Å². The lowest BCUT2D eigenvalue weighted by Gasteiger charge is -2.09. The predicted octanol–water partition coefficient (Wildman–Crippen LogP) is 2.27. The molecular formula is C10H11BrFNO2. The first kappa shape index (κ1) is 12.0. The number of hydrogen-bond acceptors (Lipinski definition) is 3. The zero-order valence-electron chi connectivity index (χ0n) is 8.13. The number of phenolic OH excluding ortho intramolecular Hbond substituents is 1. The third-order valence-electron chi connectivity index (χ3n) is 1.81. The Balaban J connectivity index is 3.32. The minimum atomic E-state index is -0.537. The molecule has 1 aromatic carbocycles. The van der Waals surface area contributed by atoms with E-state index in [2.05, 4.69) is 15.9 Å². The first-order valence-corrected chi connectivity index (χ1v) is 5.02. The number of nitrogens with two attached hydrogens (primary N) is 1. The second-order valence-electron chi connectivity index (χ2n) is 2.78. The average Bonchev–Trinajstić information content (AvgIpc) is 2.17. The lowest BCUT2D eigenvalue weighted by molar-refractivity contribution is 0.368. The van der Waals surface area contributed by atoms with Crippen molar-refractivity contribution in [1.82, 2.24) is 0 Å². The molecule has 0 saturated carbocycles. The van der Waals surface area contributed by atoms with Crippen molar-refractivity contribution < 1.29 is 14.2 Å². The molecule has 1 rings (SSSR count). The van der Waals surface area contributed by atoms with Crippen LogP contribution in [0, 0.1) is 5.82 Å². The molecule has 0 heterocycles. The molecule has 0 spiro atoms. The summed E-state index contributed by atoms with van der Waals surface area (Å²) >= 11 is 3.16. The van der Waals surface area contributed by atoms with Crippen molar-refractivity contribution >= 4 is 22.0 Å². The number of aromatic hydroxyl groups is 1. The minimum absolute atomic E-state index is 0.202. The van der Waals surface area contributed by atoms with Crippen molar-refractivity contribution in [3.8, 4) is 11.5 Å². The van der Waals surface area contributed by atoms with Crippen LogP contribution in [0.5, 0.6) is 11.5 Å². The van der Waals surface area contributed by atoms with Gasteiger partial charge in [-0.1, -0.05) is 12.2 Å². The highest BCUT2D eigenvalue weighted by molar-refractivity contribution is 9.10. The van der Waals surface area contributed by atoms with E-state index in [4.69, 9.17) is 10.5 Å². The second kappa shape index (κ2) is 5.14. The summed E-state index contributed by atoms with van der Waals surface area (Å²) in [5.41, 5.74) is 5.57. The van der Waals surface area contributed by atoms with Crippen LogP contribution >= 0.6 is 15.9 Å². The third-order valence-corrected chi connectivity index (χ3v) is 2.60. The highest BCUT2D eigenvalue weighted by Crippen LogP contribution is 2.38. The fourth-order valence-electron chi connectivity index (χ4n) is 1.14. The Hall–Kier alpha value is -1.07. The second-order valence-corrected chi connectivity index (χ2v) is 3.57. The smallest absolute Gasteiger partial charge is 0.175 e. The molecule has 0 unspecified atom stereocenters. The quantitative estimate of drug-likeness (QED) is 0.890. The van der Waals surface area contributed by atoms with Gasteiger partial charge in [-0.2, -0.15) is 0 Å². The summed E-state index contributed by atoms with van der Waals surface area (Å²) < 4.78 is 18.7. The van der Waals surface area contributed by atoms with Gasteiger partial charge in [0, 0.05) is 18.2 Å². The van der Waals surface area contributed by atoms with E-state index >= 15 is 0 Å². The first-order chi connectivity index (χ1) is 7.11. The van der Waals surface area contributed by atoms with E-state index in [-0.39, 0.29) is 11.5 Å². The van der Waals surface area contributed by atoms with E-state index < -0.39 is 5.82 Å². The van der Waals surface area contributed by atoms with Gasteiger partial charge in [-0.25, -0.2) is 4.39 Å². The number of rotatable bonds is 3. The Kier molecular flexibility index (Phi) is 4.11. The van der Waals surface area contributed by atoms with Gasteiger partial charge in [0.1, 0.15) is 5.82 Å². The fraction of sp³-hybridized carbons (Fsp3) is 0.200. The molecular weight excluding hydrogens is 265 g/mol. The maximum atomic E-state index is 13.4. The number of ether oxygens (including phenoxy) is 1. The Morgan fingerprint density at radius 3 is 2.87 bits per heavy atom. The Morgan fingerprint density at radius 2 is 2.33 bits per heavy atom. The van der Waals surface area contributed by atoms with Gasteiger partial charge in [0.2, 0.25) is 0 Å². The summed E-state index contributed by atoms with van der Waals surface area (Å²) in [7, 11) is 1.40. The predicted molar refractivity (Wildman–Crippen MR) is 60.4 cm³/mol. The van der Waals surface area contributed by atoms with E-state index in [0.717, 1.165) is 6.07 Å². The summed E-state index contributed by atoms with van der Waals surface area (Å²) in [6.45, 7) is 0.315. The van der Waals surface area contributed by atoms with Crippen LogP contribution in [0.2, 0.25) is 0 Å². The molecule has 5 heteroatoms. The van der Waals surface area contributed by atoms with Crippen LogP contribution in [0.1, 0.15) is 5.56 Å². The molecule has 0 aliphatic carbocycles. The van der Waals surface area contributed by atoms with Crippen molar-refractivity contribution in [3.63, 3.8) is 0 Å². The SMILES string of the molecule is COc1c(O)cc(F)c(/C=C/CN)c1Br. The summed E-state index contributed by atoms with van der Waals surface area (Å²) in [5.74, 6) is -0.579. The van der Waals surface area contributed by atoms with Gasteiger partial charge >= 0.3 is 0 Å². The number of hydrogen-bond donors (Lipinski definition) is 2. The van der Waals surface area contributed by atoms with Crippen LogP contribution in [-0.4, -0.2) is 18.8 Å². The fourth-order valence-corrected chi connectivity index (χ4v) is 1.82. The lowest BCUT2D eigenvalue weighted by atomic mass is 10.1. The Morgan fingerprint density at radius 1 is 1.67 bits per heavy atom. The molecule has 0 saturated heterocycles. The summed E-state index contributed by atoms with van der Waals surface area (Å²) in [5, 5.41) is 9.38. The van der Waals surface area contributed by atoms with Gasteiger partial charge in [0.15, 0.2) is 11.5 Å². The molecule has 3 N–H and O–H groups in total. The maximum absolute atomic E-state index is 13.4. The van der Waals surface area contributed by atoms with Crippen molar-refractivity contribution in [3.05, 3.63) is 28.0 Å². The molecule has 0 aromatic heterocycles. The number of methoxy groups -OCH3 is 1. The number of benzene rings is 1. The Bertz CT molecular complexity index is 393. The maximum Gasteiger partial charge on any atom is 0.175 e. The van der Waals surface area contributed by atoms with Crippen molar-refractivity contribution in [2.24, 2.45) is 5.73 Å². The van der Waals surface area contributed by atoms with Gasteiger partial charge < -0.3 is 15.6 Å². The van der Waals surface area contributed by atoms with Crippen molar-refractivity contribution in [2.45, 2.75) is 0 Å². The first-order valence-electron chi connectivity index (χ1n) is 4.23. The highest BCUT2D eigenvalue weighted by Gasteiger charge is 2.14. The van der Waals surface area contributed by atoms with Crippen LogP contribution in [0.15, 0.2) is 16.6 Å². The minimum Gasteiger partial charge on any atom is -0.504 e. The van der Waals surface area contributed by atoms with Gasteiger partial charge in [0.05, 0.1) is 11.6 Å². The Labute approximate surface area is 95.5 Å². The molecule has 0 atom stereocenters. The number of phenols is 1. The van der Waals surface area contributed by atoms with Crippen LogP contribution in [0.4, 0.5) is 4.39 Å². The summed E-state index contributed by atoms with van der Waals surface area (Å²) in [4.78, 5) is 0. The molecule has 3 nitrogen and oxygen atoms in total. The topological polar surface area (TPSA) is 55.5 Å². The molecule has 0 fully saturated rings. The van der Waals surface area contributed by atoms with Crippen LogP contribution in [0.25, 0.3) is 6.08 Å². The zero-order valence-corrected chi connectivity index (χ0v) is 9.71. The largest absolute Gasteiger partial charge is 0.504 e. The van der Waals surface area contributed by atoms with Crippen LogP contribution < -0.4 is 10.5 Å². The van der Waals surface area contributed by atoms with Gasteiger partial charge in [-0.05, 0) is 15.9 Å². The van der Waals surface area contributed by atoms with Crippen molar-refractivity contribution in [2.75, 3.05) is 13.7 Å². The van der Waals surface area contributed by atoms with Crippen LogP contribution in [-0.2, 0) is 0 Å². The van der Waals surface area contributed by atoms with Gasteiger partial charge in [0.25, 0.3) is 0 Å². The molecule has 1 aromatic rings. The normalized spacial score (nSPS) is 10.9. The van der Waals surface area contributed by atoms with Crippen LogP contribution in [0.3, 0.4) is 0 Å². The third kappa shape index (κ3) is 2.49. The average molecular weight is 276 g/mol. The van der Waals surface area contributed by atoms with Gasteiger partial charge in [-0.15, -0.1) is 0 Å². The highest BCUT2D eigenvalue weighted by atomic mass is 79.9. The molecule has 0 radical (unpaired) electrons. The van der Waals surface area contributed by atoms with Crippen molar-refractivity contribution in [1.29, 1.82) is 0 Å². The monoisotopic (exact) mass is 275 g/mol. The standard InChI is InChI=1S/C10H11BrFNO2/c1-15-10-8(14)5-7(12)6(9(10)11)3-2-4-13/h2-3,5,14H,4,13H2,1H3/b3-2+. The van der Waals surface area contributed by atoms with E-state index in [1.807, 2.05) is 0 Å². The summed E-state index contributed by atoms with van der Waals surface area (Å²) in [6.07, 6.45) is 3.14. The molecule has 0 aliphatic rings. The van der Waals surface area contributed by atoms with Gasteiger partial charge in [-0.3, -0.25) is 0 Å². The van der Waals surface area contributed by atoms with E-state index in [0.29, 0.717) is 16.6 Å². The molecule has 0 aliphatic heterocycles. The molecule has 82 valence electrons. The number of halogens is 2. The lowest BCUT2D eigenvalue weighted by Crippen LogP contribution is -1.94. The van der Waals surface area contributed by atoms with E-state index in [9.17, 15) is 9.50 Å². The van der Waals surface area contributed by atoms with E-state index in [1.165, 1.54) is 13.2 Å². The summed E-state index contributed by atoms with van der Waals surface area (Å²) in [6, 6.07) is 1.000. The zero-order chi connectivity index (χ0) is 11.4. The molecule has 0 amide bonds.